The number of ether oxygens (including phenoxy) is 2. The minimum Gasteiger partial charge on any atom is -0.454 e. The number of sulfone groups is 1. The average molecular weight is 606 g/mol. The van der Waals surface area contributed by atoms with E-state index in [1.807, 2.05) is 36.1 Å². The van der Waals surface area contributed by atoms with Crippen LogP contribution in [0.1, 0.15) is 54.2 Å². The molecule has 6 rings (SSSR count). The standard InChI is InChI=1S/C32H39N5O5S/c1-21-5-4-6-27(31(21)33)32(38)35-13-11-25(12-14-35)36-15-16-37(22(2)19-36)23(3)24-7-10-30(34-18-24)43(39,40)26-8-9-28-29(17-26)42-20-41-28/h4-10,17-18,22-23,25H,11-16,19-20,33H2,1-3H3/t22-,23+/m0/s1. The maximum Gasteiger partial charge on any atom is 0.255 e. The second-order valence-corrected chi connectivity index (χ2v) is 13.7. The van der Waals surface area contributed by atoms with Gasteiger partial charge in [0, 0.05) is 68.8 Å². The van der Waals surface area contributed by atoms with Crippen LogP contribution in [0.5, 0.6) is 11.5 Å². The van der Waals surface area contributed by atoms with Gasteiger partial charge in [-0.3, -0.25) is 14.6 Å². The smallest absolute Gasteiger partial charge is 0.255 e. The molecule has 0 radical (unpaired) electrons. The number of piperidine rings is 1. The number of carbonyl (C=O) groups is 1. The largest absolute Gasteiger partial charge is 0.454 e. The Balaban J connectivity index is 1.04. The van der Waals surface area contributed by atoms with Crippen molar-refractivity contribution < 1.29 is 22.7 Å². The molecule has 2 aromatic carbocycles. The van der Waals surface area contributed by atoms with Gasteiger partial charge in [-0.25, -0.2) is 13.4 Å². The first-order valence-corrected chi connectivity index (χ1v) is 16.4. The Kier molecular flexibility index (Phi) is 8.06. The van der Waals surface area contributed by atoms with Gasteiger partial charge in [0.1, 0.15) is 0 Å². The SMILES string of the molecule is Cc1cccc(C(=O)N2CCC(N3CCN([C@H](C)c4ccc(S(=O)(=O)c5ccc6c(c5)OCO6)nc4)[C@@H](C)C3)CC2)c1N. The molecule has 0 aliphatic carbocycles. The summed E-state index contributed by atoms with van der Waals surface area (Å²) in [6, 6.07) is 14.6. The van der Waals surface area contributed by atoms with Gasteiger partial charge in [0.05, 0.1) is 10.5 Å². The van der Waals surface area contributed by atoms with Gasteiger partial charge in [-0.2, -0.15) is 0 Å². The van der Waals surface area contributed by atoms with Gasteiger partial charge < -0.3 is 20.1 Å². The molecule has 4 heterocycles. The number of anilines is 1. The number of amides is 1. The van der Waals surface area contributed by atoms with Crippen molar-refractivity contribution in [3.8, 4) is 11.5 Å². The van der Waals surface area contributed by atoms with Crippen molar-refractivity contribution in [2.45, 2.75) is 61.7 Å². The fraction of sp³-hybridized carbons (Fsp3) is 0.438. The molecular formula is C32H39N5O5S. The molecule has 11 heteroatoms. The lowest BCUT2D eigenvalue weighted by molar-refractivity contribution is 0.0135. The van der Waals surface area contributed by atoms with Crippen LogP contribution in [-0.4, -0.2) is 85.6 Å². The number of likely N-dealkylation sites (tertiary alicyclic amines) is 1. The molecule has 228 valence electrons. The highest BCUT2D eigenvalue weighted by Crippen LogP contribution is 2.35. The van der Waals surface area contributed by atoms with Crippen LogP contribution in [0.15, 0.2) is 64.6 Å². The number of fused-ring (bicyclic) bond motifs is 1. The van der Waals surface area contributed by atoms with E-state index >= 15 is 0 Å². The molecule has 1 aromatic heterocycles. The number of nitrogens with zero attached hydrogens (tertiary/aromatic N) is 4. The monoisotopic (exact) mass is 605 g/mol. The van der Waals surface area contributed by atoms with Crippen LogP contribution in [0.4, 0.5) is 5.69 Å². The number of rotatable bonds is 6. The van der Waals surface area contributed by atoms with Crippen LogP contribution in [0, 0.1) is 6.92 Å². The predicted molar refractivity (Wildman–Crippen MR) is 163 cm³/mol. The molecule has 3 aliphatic heterocycles. The van der Waals surface area contributed by atoms with Crippen LogP contribution in [0.2, 0.25) is 0 Å². The molecular weight excluding hydrogens is 566 g/mol. The number of carbonyl (C=O) groups excluding carboxylic acids is 1. The molecule has 43 heavy (non-hydrogen) atoms. The highest BCUT2D eigenvalue weighted by molar-refractivity contribution is 7.91. The first kappa shape index (κ1) is 29.4. The molecule has 2 fully saturated rings. The van der Waals surface area contributed by atoms with E-state index in [0.29, 0.717) is 34.8 Å². The summed E-state index contributed by atoms with van der Waals surface area (Å²) < 4.78 is 37.1. The van der Waals surface area contributed by atoms with E-state index in [2.05, 4.69) is 28.6 Å². The van der Waals surface area contributed by atoms with Crippen LogP contribution in [0.25, 0.3) is 0 Å². The van der Waals surface area contributed by atoms with E-state index in [4.69, 9.17) is 15.2 Å². The van der Waals surface area contributed by atoms with Gasteiger partial charge in [0.25, 0.3) is 5.91 Å². The Morgan fingerprint density at radius 1 is 1.02 bits per heavy atom. The van der Waals surface area contributed by atoms with Crippen LogP contribution < -0.4 is 15.2 Å². The van der Waals surface area contributed by atoms with Crippen molar-refractivity contribution in [3.05, 3.63) is 71.4 Å². The van der Waals surface area contributed by atoms with Crippen molar-refractivity contribution >= 4 is 21.4 Å². The number of pyridine rings is 1. The van der Waals surface area contributed by atoms with Crippen LogP contribution in [-0.2, 0) is 9.84 Å². The molecule has 2 N–H and O–H groups in total. The average Bonchev–Trinajstić information content (AvgIpc) is 3.50. The summed E-state index contributed by atoms with van der Waals surface area (Å²) in [7, 11) is -3.79. The number of hydrogen-bond donors (Lipinski definition) is 1. The quantitative estimate of drug-likeness (QED) is 0.417. The fourth-order valence-corrected chi connectivity index (χ4v) is 7.72. The highest BCUT2D eigenvalue weighted by atomic mass is 32.2. The summed E-state index contributed by atoms with van der Waals surface area (Å²) >= 11 is 0. The summed E-state index contributed by atoms with van der Waals surface area (Å²) in [6.45, 7) is 10.7. The van der Waals surface area contributed by atoms with E-state index in [9.17, 15) is 13.2 Å². The predicted octanol–water partition coefficient (Wildman–Crippen LogP) is 3.91. The second kappa shape index (κ2) is 11.8. The molecule has 2 saturated heterocycles. The maximum absolute atomic E-state index is 13.2. The summed E-state index contributed by atoms with van der Waals surface area (Å²) in [5, 5.41) is 0.00934. The van der Waals surface area contributed by atoms with Gasteiger partial charge in [-0.1, -0.05) is 18.2 Å². The molecule has 1 amide bonds. The van der Waals surface area contributed by atoms with Crippen molar-refractivity contribution in [2.75, 3.05) is 45.3 Å². The van der Waals surface area contributed by atoms with Gasteiger partial charge in [0.2, 0.25) is 16.6 Å². The van der Waals surface area contributed by atoms with E-state index in [0.717, 1.165) is 56.7 Å². The lowest BCUT2D eigenvalue weighted by Crippen LogP contribution is -2.57. The van der Waals surface area contributed by atoms with E-state index in [1.165, 1.54) is 12.1 Å². The number of benzene rings is 2. The first-order chi connectivity index (χ1) is 20.6. The summed E-state index contributed by atoms with van der Waals surface area (Å²) in [5.41, 5.74) is 9.28. The minimum atomic E-state index is -3.79. The third-order valence-corrected chi connectivity index (χ3v) is 10.9. The number of hydrogen-bond acceptors (Lipinski definition) is 9. The third-order valence-electron chi connectivity index (χ3n) is 9.20. The molecule has 3 aliphatic rings. The highest BCUT2D eigenvalue weighted by Gasteiger charge is 2.34. The van der Waals surface area contributed by atoms with Crippen molar-refractivity contribution in [2.24, 2.45) is 0 Å². The number of piperazine rings is 1. The number of nitrogens with two attached hydrogens (primary N) is 1. The number of nitrogen functional groups attached to an aromatic ring is 1. The summed E-state index contributed by atoms with van der Waals surface area (Å²) in [5.74, 6) is 0.982. The van der Waals surface area contributed by atoms with Crippen LogP contribution in [0.3, 0.4) is 0 Å². The van der Waals surface area contributed by atoms with Gasteiger partial charge in [0.15, 0.2) is 16.5 Å². The topological polar surface area (TPSA) is 118 Å². The zero-order valence-corrected chi connectivity index (χ0v) is 25.7. The maximum atomic E-state index is 13.2. The number of aromatic nitrogens is 1. The van der Waals surface area contributed by atoms with Gasteiger partial charge in [-0.05, 0) is 69.0 Å². The zero-order chi connectivity index (χ0) is 30.3. The lowest BCUT2D eigenvalue weighted by atomic mass is 9.98. The Morgan fingerprint density at radius 2 is 1.79 bits per heavy atom. The molecule has 0 bridgehead atoms. The molecule has 2 atom stereocenters. The molecule has 10 nitrogen and oxygen atoms in total. The normalized spacial score (nSPS) is 20.7. The Hall–Kier alpha value is -3.67. The summed E-state index contributed by atoms with van der Waals surface area (Å²) in [4.78, 5) is 24.6. The Labute approximate surface area is 253 Å². The zero-order valence-electron chi connectivity index (χ0n) is 24.9. The third kappa shape index (κ3) is 5.69. The molecule has 0 spiro atoms. The number of para-hydroxylation sites is 1. The lowest BCUT2D eigenvalue weighted by Gasteiger charge is -2.47. The van der Waals surface area contributed by atoms with Crippen LogP contribution >= 0.6 is 0 Å². The molecule has 0 saturated carbocycles. The number of aryl methyl sites for hydroxylation is 1. The molecule has 0 unspecified atom stereocenters. The van der Waals surface area contributed by atoms with Gasteiger partial charge >= 0.3 is 0 Å². The van der Waals surface area contributed by atoms with E-state index in [1.54, 1.807) is 18.3 Å². The van der Waals surface area contributed by atoms with E-state index < -0.39 is 9.84 Å². The van der Waals surface area contributed by atoms with Crippen molar-refractivity contribution in [1.29, 1.82) is 0 Å². The fourth-order valence-electron chi connectivity index (χ4n) is 6.53. The first-order valence-electron chi connectivity index (χ1n) is 14.9. The van der Waals surface area contributed by atoms with Crippen molar-refractivity contribution in [1.82, 2.24) is 19.7 Å². The Bertz CT molecular complexity index is 1600. The second-order valence-electron chi connectivity index (χ2n) is 11.8. The van der Waals surface area contributed by atoms with Crippen molar-refractivity contribution in [3.63, 3.8) is 0 Å². The minimum absolute atomic E-state index is 0.00934. The molecule has 3 aromatic rings. The van der Waals surface area contributed by atoms with Gasteiger partial charge in [-0.15, -0.1) is 0 Å². The van der Waals surface area contributed by atoms with E-state index in [-0.39, 0.29) is 28.7 Å². The Morgan fingerprint density at radius 3 is 2.51 bits per heavy atom. The summed E-state index contributed by atoms with van der Waals surface area (Å²) in [6.07, 6.45) is 3.57.